The minimum atomic E-state index is -0.295. The maximum Gasteiger partial charge on any atom is 0.262 e. The van der Waals surface area contributed by atoms with Crippen LogP contribution in [0, 0.1) is 17.8 Å². The Balaban J connectivity index is 1.38. The Morgan fingerprint density at radius 3 is 2.30 bits per heavy atom. The summed E-state index contributed by atoms with van der Waals surface area (Å²) in [6.07, 6.45) is 7.52. The molecule has 1 heterocycles. The zero-order chi connectivity index (χ0) is 21.0. The number of nitrogens with zero attached hydrogens (tertiary/aromatic N) is 2. The molecule has 0 aliphatic heterocycles. The zero-order valence-electron chi connectivity index (χ0n) is 18.1. The van der Waals surface area contributed by atoms with Gasteiger partial charge in [-0.05, 0) is 89.2 Å². The molecule has 0 saturated heterocycles. The van der Waals surface area contributed by atoms with Crippen molar-refractivity contribution in [2.75, 3.05) is 0 Å². The number of nitrogens with one attached hydrogen (secondary N) is 1. The average molecular weight is 426 g/mol. The molecule has 30 heavy (non-hydrogen) atoms. The van der Waals surface area contributed by atoms with Crippen molar-refractivity contribution >= 4 is 28.6 Å². The van der Waals surface area contributed by atoms with Gasteiger partial charge in [-0.25, -0.2) is 4.98 Å². The number of hydrogen-bond donors (Lipinski definition) is 1. The summed E-state index contributed by atoms with van der Waals surface area (Å²) in [6.45, 7) is 5.91. The standard InChI is InChI=1S/C24H31N3O2S/c1-14(2)27-22(29)19-6-4-5-7-20(19)25-23(27)30-15(3)21(28)26-24-11-16-8-17(12-24)10-18(9-16)13-24/h4-7,14-18H,8-13H2,1-3H3,(H,26,28). The molecular formula is C24H31N3O2S. The summed E-state index contributed by atoms with van der Waals surface area (Å²) in [5, 5.41) is 4.43. The average Bonchev–Trinajstić information content (AvgIpc) is 2.66. The Morgan fingerprint density at radius 1 is 1.10 bits per heavy atom. The molecule has 4 saturated carbocycles. The van der Waals surface area contributed by atoms with Gasteiger partial charge >= 0.3 is 0 Å². The predicted molar refractivity (Wildman–Crippen MR) is 121 cm³/mol. The van der Waals surface area contributed by atoms with Crippen molar-refractivity contribution in [1.29, 1.82) is 0 Å². The highest BCUT2D eigenvalue weighted by atomic mass is 32.2. The highest BCUT2D eigenvalue weighted by Crippen LogP contribution is 2.55. The van der Waals surface area contributed by atoms with E-state index in [1.807, 2.05) is 45.0 Å². The van der Waals surface area contributed by atoms with Crippen molar-refractivity contribution in [1.82, 2.24) is 14.9 Å². The Bertz CT molecular complexity index is 1010. The van der Waals surface area contributed by atoms with Gasteiger partial charge in [0, 0.05) is 11.6 Å². The van der Waals surface area contributed by atoms with E-state index in [4.69, 9.17) is 4.98 Å². The van der Waals surface area contributed by atoms with Gasteiger partial charge in [-0.3, -0.25) is 14.2 Å². The second-order valence-electron chi connectivity index (χ2n) is 10.1. The van der Waals surface area contributed by atoms with Crippen LogP contribution in [-0.4, -0.2) is 26.2 Å². The molecule has 4 aliphatic rings. The number of thioether (sulfide) groups is 1. The largest absolute Gasteiger partial charge is 0.350 e. The molecular weight excluding hydrogens is 394 g/mol. The van der Waals surface area contributed by atoms with E-state index < -0.39 is 0 Å². The first kappa shape index (κ1) is 20.1. The van der Waals surface area contributed by atoms with Crippen molar-refractivity contribution in [2.45, 2.75) is 81.3 Å². The summed E-state index contributed by atoms with van der Waals surface area (Å²) in [7, 11) is 0. The molecule has 4 aliphatic carbocycles. The number of aromatic nitrogens is 2. The van der Waals surface area contributed by atoms with Crippen molar-refractivity contribution in [2.24, 2.45) is 17.8 Å². The molecule has 160 valence electrons. The SMILES string of the molecule is CC(Sc1nc2ccccc2c(=O)n1C(C)C)C(=O)NC12CC3CC(CC(C3)C1)C2. The van der Waals surface area contributed by atoms with E-state index in [1.165, 1.54) is 31.0 Å². The number of benzene rings is 1. The molecule has 1 aromatic carbocycles. The number of rotatable bonds is 5. The lowest BCUT2D eigenvalue weighted by molar-refractivity contribution is -0.126. The van der Waals surface area contributed by atoms with Crippen LogP contribution < -0.4 is 10.9 Å². The lowest BCUT2D eigenvalue weighted by atomic mass is 9.53. The van der Waals surface area contributed by atoms with Crippen LogP contribution >= 0.6 is 11.8 Å². The van der Waals surface area contributed by atoms with Crippen molar-refractivity contribution in [3.63, 3.8) is 0 Å². The van der Waals surface area contributed by atoms with Crippen LogP contribution in [0.1, 0.15) is 65.3 Å². The van der Waals surface area contributed by atoms with Gasteiger partial charge in [-0.1, -0.05) is 23.9 Å². The van der Waals surface area contributed by atoms with E-state index in [0.717, 1.165) is 37.0 Å². The number of carbonyl (C=O) groups excluding carboxylic acids is 1. The van der Waals surface area contributed by atoms with Gasteiger partial charge in [-0.15, -0.1) is 0 Å². The summed E-state index contributed by atoms with van der Waals surface area (Å²) in [5.74, 6) is 2.48. The normalized spacial score (nSPS) is 30.7. The Labute approximate surface area is 182 Å². The number of para-hydroxylation sites is 1. The molecule has 1 amide bonds. The third-order valence-electron chi connectivity index (χ3n) is 7.37. The van der Waals surface area contributed by atoms with Gasteiger partial charge in [0.05, 0.1) is 16.2 Å². The minimum Gasteiger partial charge on any atom is -0.350 e. The van der Waals surface area contributed by atoms with Crippen molar-refractivity contribution in [3.8, 4) is 0 Å². The summed E-state index contributed by atoms with van der Waals surface area (Å²) < 4.78 is 1.72. The first-order chi connectivity index (χ1) is 14.3. The van der Waals surface area contributed by atoms with Crippen LogP contribution in [0.3, 0.4) is 0 Å². The fourth-order valence-electron chi connectivity index (χ4n) is 6.50. The lowest BCUT2D eigenvalue weighted by Gasteiger charge is -2.57. The van der Waals surface area contributed by atoms with Crippen LogP contribution in [0.25, 0.3) is 10.9 Å². The molecule has 0 radical (unpaired) electrons. The fourth-order valence-corrected chi connectivity index (χ4v) is 7.54. The predicted octanol–water partition coefficient (Wildman–Crippen LogP) is 4.54. The monoisotopic (exact) mass is 425 g/mol. The molecule has 1 aromatic heterocycles. The van der Waals surface area contributed by atoms with Crippen LogP contribution in [0.2, 0.25) is 0 Å². The van der Waals surface area contributed by atoms with Crippen molar-refractivity contribution < 1.29 is 4.79 Å². The maximum atomic E-state index is 13.2. The summed E-state index contributed by atoms with van der Waals surface area (Å²) >= 11 is 1.40. The van der Waals surface area contributed by atoms with Crippen LogP contribution in [0.4, 0.5) is 0 Å². The number of fused-ring (bicyclic) bond motifs is 1. The van der Waals surface area contributed by atoms with Gasteiger partial charge in [0.25, 0.3) is 5.56 Å². The minimum absolute atomic E-state index is 0.00911. The van der Waals surface area contributed by atoms with Gasteiger partial charge in [-0.2, -0.15) is 0 Å². The Kier molecular flexibility index (Phi) is 4.96. The molecule has 6 heteroatoms. The number of carbonyl (C=O) groups is 1. The second kappa shape index (κ2) is 7.40. The molecule has 6 rings (SSSR count). The molecule has 2 aromatic rings. The molecule has 0 spiro atoms. The molecule has 1 unspecified atom stereocenters. The fraction of sp³-hybridized carbons (Fsp3) is 0.625. The third kappa shape index (κ3) is 3.47. The summed E-state index contributed by atoms with van der Waals surface area (Å²) in [5.41, 5.74) is 0.664. The van der Waals surface area contributed by atoms with Gasteiger partial charge in [0.2, 0.25) is 5.91 Å². The smallest absolute Gasteiger partial charge is 0.262 e. The number of amides is 1. The molecule has 1 atom stereocenters. The molecule has 4 bridgehead atoms. The van der Waals surface area contributed by atoms with Gasteiger partial charge in [0.1, 0.15) is 0 Å². The maximum absolute atomic E-state index is 13.2. The molecule has 4 fully saturated rings. The molecule has 5 nitrogen and oxygen atoms in total. The quantitative estimate of drug-likeness (QED) is 0.564. The topological polar surface area (TPSA) is 64.0 Å². The van der Waals surface area contributed by atoms with E-state index >= 15 is 0 Å². The first-order valence-corrected chi connectivity index (χ1v) is 12.2. The first-order valence-electron chi connectivity index (χ1n) is 11.3. The van der Waals surface area contributed by atoms with E-state index in [1.54, 1.807) is 4.57 Å². The van der Waals surface area contributed by atoms with Crippen LogP contribution in [0.15, 0.2) is 34.2 Å². The Morgan fingerprint density at radius 2 is 1.70 bits per heavy atom. The number of hydrogen-bond acceptors (Lipinski definition) is 4. The highest BCUT2D eigenvalue weighted by Gasteiger charge is 2.51. The summed E-state index contributed by atoms with van der Waals surface area (Å²) in [4.78, 5) is 31.0. The zero-order valence-corrected chi connectivity index (χ0v) is 18.9. The second-order valence-corrected chi connectivity index (χ2v) is 11.4. The highest BCUT2D eigenvalue weighted by molar-refractivity contribution is 8.00. The summed E-state index contributed by atoms with van der Waals surface area (Å²) in [6, 6.07) is 7.43. The molecule has 1 N–H and O–H groups in total. The van der Waals surface area contributed by atoms with E-state index in [9.17, 15) is 9.59 Å². The van der Waals surface area contributed by atoms with Gasteiger partial charge in [0.15, 0.2) is 5.16 Å². The van der Waals surface area contributed by atoms with E-state index in [-0.39, 0.29) is 28.3 Å². The van der Waals surface area contributed by atoms with Crippen LogP contribution in [-0.2, 0) is 4.79 Å². The van der Waals surface area contributed by atoms with Crippen molar-refractivity contribution in [3.05, 3.63) is 34.6 Å². The van der Waals surface area contributed by atoms with Gasteiger partial charge < -0.3 is 5.32 Å². The lowest BCUT2D eigenvalue weighted by Crippen LogP contribution is -2.60. The third-order valence-corrected chi connectivity index (χ3v) is 8.44. The van der Waals surface area contributed by atoms with E-state index in [2.05, 4.69) is 5.32 Å². The Hall–Kier alpha value is -1.82. The van der Waals surface area contributed by atoms with Crippen LogP contribution in [0.5, 0.6) is 0 Å². The van der Waals surface area contributed by atoms with E-state index in [0.29, 0.717) is 16.1 Å².